The third-order valence-electron chi connectivity index (χ3n) is 4.29. The van der Waals surface area contributed by atoms with Crippen LogP contribution in [0, 0.1) is 5.92 Å². The van der Waals surface area contributed by atoms with Gasteiger partial charge in [0.1, 0.15) is 0 Å². The summed E-state index contributed by atoms with van der Waals surface area (Å²) < 4.78 is 2.77. The highest BCUT2D eigenvalue weighted by Crippen LogP contribution is 2.33. The molecule has 6 nitrogen and oxygen atoms in total. The number of carboxylic acids is 2. The first-order valence-corrected chi connectivity index (χ1v) is 8.74. The van der Waals surface area contributed by atoms with Crippen LogP contribution >= 0.6 is 15.9 Å². The Hall–Kier alpha value is -2.41. The molecule has 1 aromatic carbocycles. The Balaban J connectivity index is 1.99. The topological polar surface area (TPSA) is 92.4 Å². The molecule has 0 aliphatic heterocycles. The molecule has 130 valence electrons. The van der Waals surface area contributed by atoms with Crippen LogP contribution in [0.1, 0.15) is 30.5 Å². The quantitative estimate of drug-likeness (QED) is 0.743. The normalized spacial score (nSPS) is 15.4. The van der Waals surface area contributed by atoms with Crippen molar-refractivity contribution in [2.75, 3.05) is 0 Å². The Morgan fingerprint density at radius 2 is 2.04 bits per heavy atom. The number of carbonyl (C=O) groups is 2. The minimum absolute atomic E-state index is 0.0386. The van der Waals surface area contributed by atoms with Gasteiger partial charge < -0.3 is 10.2 Å². The number of benzene rings is 1. The zero-order valence-corrected chi connectivity index (χ0v) is 14.9. The van der Waals surface area contributed by atoms with Crippen molar-refractivity contribution in [1.82, 2.24) is 9.78 Å². The molecule has 2 aromatic rings. The lowest BCUT2D eigenvalue weighted by Crippen LogP contribution is -2.22. The number of halogens is 1. The predicted octanol–water partition coefficient (Wildman–Crippen LogP) is 3.53. The van der Waals surface area contributed by atoms with E-state index in [2.05, 4.69) is 21.0 Å². The summed E-state index contributed by atoms with van der Waals surface area (Å²) in [6.45, 7) is 0. The van der Waals surface area contributed by atoms with E-state index in [0.29, 0.717) is 0 Å². The van der Waals surface area contributed by atoms with Crippen molar-refractivity contribution in [2.45, 2.75) is 25.7 Å². The van der Waals surface area contributed by atoms with Gasteiger partial charge >= 0.3 is 11.9 Å². The van der Waals surface area contributed by atoms with Crippen LogP contribution in [0.3, 0.4) is 0 Å². The molecule has 0 amide bonds. The molecule has 0 saturated heterocycles. The van der Waals surface area contributed by atoms with E-state index < -0.39 is 17.9 Å². The smallest absolute Gasteiger partial charge is 0.318 e. The van der Waals surface area contributed by atoms with E-state index in [1.54, 1.807) is 6.08 Å². The van der Waals surface area contributed by atoms with Gasteiger partial charge in [0.25, 0.3) is 0 Å². The number of rotatable bonds is 5. The van der Waals surface area contributed by atoms with Gasteiger partial charge in [-0.05, 0) is 55.0 Å². The van der Waals surface area contributed by atoms with Gasteiger partial charge in [0, 0.05) is 4.47 Å². The minimum atomic E-state index is -1.43. The summed E-state index contributed by atoms with van der Waals surface area (Å²) in [6, 6.07) is 7.75. The van der Waals surface area contributed by atoms with E-state index in [4.69, 9.17) is 10.2 Å². The molecule has 0 bridgehead atoms. The molecule has 1 aliphatic rings. The maximum atomic E-state index is 11.1. The molecule has 3 rings (SSSR count). The fraction of sp³-hybridized carbons (Fsp3) is 0.278. The summed E-state index contributed by atoms with van der Waals surface area (Å²) >= 11 is 3.45. The molecule has 0 saturated carbocycles. The molecular formula is C18H17BrN2O4. The number of aromatic nitrogens is 2. The summed E-state index contributed by atoms with van der Waals surface area (Å²) in [4.78, 5) is 22.2. The van der Waals surface area contributed by atoms with Gasteiger partial charge in [0.2, 0.25) is 0 Å². The summed E-state index contributed by atoms with van der Waals surface area (Å²) in [5.74, 6) is -4.07. The van der Waals surface area contributed by atoms with Gasteiger partial charge in [0.15, 0.2) is 5.92 Å². The summed E-state index contributed by atoms with van der Waals surface area (Å²) in [5, 5.41) is 22.6. The highest BCUT2D eigenvalue weighted by atomic mass is 79.9. The van der Waals surface area contributed by atoms with Crippen molar-refractivity contribution < 1.29 is 19.8 Å². The Morgan fingerprint density at radius 1 is 1.28 bits per heavy atom. The Morgan fingerprint density at radius 3 is 2.72 bits per heavy atom. The van der Waals surface area contributed by atoms with E-state index in [9.17, 15) is 9.59 Å². The molecule has 2 N–H and O–H groups in total. The molecule has 0 spiro atoms. The van der Waals surface area contributed by atoms with Gasteiger partial charge in [-0.2, -0.15) is 5.10 Å². The second kappa shape index (κ2) is 7.23. The van der Waals surface area contributed by atoms with Crippen LogP contribution in [-0.2, 0) is 16.0 Å². The fourth-order valence-electron chi connectivity index (χ4n) is 3.06. The Kier molecular flexibility index (Phi) is 5.03. The number of allylic oxidation sites excluding steroid dienone is 2. The maximum absolute atomic E-state index is 11.1. The van der Waals surface area contributed by atoms with Crippen LogP contribution in [0.5, 0.6) is 0 Å². The lowest BCUT2D eigenvalue weighted by molar-refractivity contribution is -0.154. The van der Waals surface area contributed by atoms with Crippen molar-refractivity contribution in [3.05, 3.63) is 52.3 Å². The number of nitrogens with zero attached hydrogens (tertiary/aromatic N) is 2. The largest absolute Gasteiger partial charge is 0.481 e. The van der Waals surface area contributed by atoms with Gasteiger partial charge in [-0.3, -0.25) is 9.59 Å². The Bertz CT molecular complexity index is 843. The van der Waals surface area contributed by atoms with Gasteiger partial charge in [-0.15, -0.1) is 0 Å². The highest BCUT2D eigenvalue weighted by Gasteiger charge is 2.26. The van der Waals surface area contributed by atoms with Crippen LogP contribution in [0.2, 0.25) is 0 Å². The molecule has 25 heavy (non-hydrogen) atoms. The molecular weight excluding hydrogens is 388 g/mol. The molecule has 0 fully saturated rings. The minimum Gasteiger partial charge on any atom is -0.481 e. The van der Waals surface area contributed by atoms with Crippen molar-refractivity contribution in [2.24, 2.45) is 5.92 Å². The average molecular weight is 405 g/mol. The molecule has 1 aromatic heterocycles. The second-order valence-corrected chi connectivity index (χ2v) is 6.87. The summed E-state index contributed by atoms with van der Waals surface area (Å²) in [5.41, 5.74) is 3.89. The number of carboxylic acid groups (broad SMARTS) is 2. The molecule has 7 heteroatoms. The lowest BCUT2D eigenvalue weighted by Gasteiger charge is -2.18. The van der Waals surface area contributed by atoms with Crippen LogP contribution < -0.4 is 0 Å². The van der Waals surface area contributed by atoms with Crippen LogP contribution in [0.25, 0.3) is 11.3 Å². The van der Waals surface area contributed by atoms with Gasteiger partial charge in [0.05, 0.1) is 17.6 Å². The number of aryl methyl sites for hydroxylation is 1. The van der Waals surface area contributed by atoms with E-state index in [1.807, 2.05) is 35.1 Å². The monoisotopic (exact) mass is 404 g/mol. The third kappa shape index (κ3) is 3.66. The maximum Gasteiger partial charge on any atom is 0.318 e. The van der Waals surface area contributed by atoms with Crippen molar-refractivity contribution in [3.8, 4) is 5.69 Å². The predicted molar refractivity (Wildman–Crippen MR) is 95.6 cm³/mol. The standard InChI is InChI=1S/C18H17BrN2O4/c19-13-5-2-6-14(9-13)21-16-11(3-1-4-12(16)10-20-21)7-8-15(17(22)23)18(24)25/h2,5-7,9-10,15H,1,3-4,8H2,(H,22,23)(H,24,25). The SMILES string of the molecule is O=C(O)C(CC=C1CCCc2cnn(-c3cccc(Br)c3)c21)C(=O)O. The zero-order chi connectivity index (χ0) is 18.0. The van der Waals surface area contributed by atoms with Gasteiger partial charge in [-0.1, -0.05) is 28.1 Å². The van der Waals surface area contributed by atoms with Crippen LogP contribution in [0.15, 0.2) is 41.0 Å². The van der Waals surface area contributed by atoms with E-state index >= 15 is 0 Å². The number of hydrogen-bond acceptors (Lipinski definition) is 3. The zero-order valence-electron chi connectivity index (χ0n) is 13.4. The first-order chi connectivity index (χ1) is 12.0. The van der Waals surface area contributed by atoms with Gasteiger partial charge in [-0.25, -0.2) is 4.68 Å². The first kappa shape index (κ1) is 17.4. The average Bonchev–Trinajstić information content (AvgIpc) is 2.99. The molecule has 0 unspecified atom stereocenters. The highest BCUT2D eigenvalue weighted by molar-refractivity contribution is 9.10. The number of aliphatic carboxylic acids is 2. The molecule has 1 aliphatic carbocycles. The van der Waals surface area contributed by atoms with Crippen molar-refractivity contribution in [3.63, 3.8) is 0 Å². The first-order valence-electron chi connectivity index (χ1n) is 7.95. The van der Waals surface area contributed by atoms with Crippen LogP contribution in [0.4, 0.5) is 0 Å². The summed E-state index contributed by atoms with van der Waals surface area (Å²) in [6.07, 6.45) is 6.15. The number of fused-ring (bicyclic) bond motifs is 1. The van der Waals surface area contributed by atoms with Crippen molar-refractivity contribution in [1.29, 1.82) is 0 Å². The molecule has 0 radical (unpaired) electrons. The second-order valence-electron chi connectivity index (χ2n) is 5.96. The Labute approximate surface area is 152 Å². The van der Waals surface area contributed by atoms with Crippen molar-refractivity contribution >= 4 is 33.4 Å². The van der Waals surface area contributed by atoms with E-state index in [0.717, 1.165) is 46.3 Å². The van der Waals surface area contributed by atoms with E-state index in [-0.39, 0.29) is 6.42 Å². The fourth-order valence-corrected chi connectivity index (χ4v) is 3.45. The third-order valence-corrected chi connectivity index (χ3v) is 4.78. The molecule has 1 heterocycles. The lowest BCUT2D eigenvalue weighted by atomic mass is 9.91. The van der Waals surface area contributed by atoms with E-state index in [1.165, 1.54) is 0 Å². The summed E-state index contributed by atoms with van der Waals surface area (Å²) in [7, 11) is 0. The van der Waals surface area contributed by atoms with Crippen LogP contribution in [-0.4, -0.2) is 31.9 Å². The number of hydrogen-bond donors (Lipinski definition) is 2. The molecule has 0 atom stereocenters.